The number of nitrogens with zero attached hydrogens (tertiary/aromatic N) is 5. The molecule has 0 spiro atoms. The molecule has 0 saturated carbocycles. The van der Waals surface area contributed by atoms with Crippen LogP contribution in [0.25, 0.3) is 31.3 Å². The van der Waals surface area contributed by atoms with Crippen LogP contribution in [-0.2, 0) is 38.5 Å². The molecule has 3 heterocycles. The Labute approximate surface area is 478 Å². The Morgan fingerprint density at radius 3 is 1.28 bits per heavy atom. The molecular weight excluding hydrogens is 1130 g/mol. The summed E-state index contributed by atoms with van der Waals surface area (Å²) in [4.78, 5) is 37.0. The number of ether oxygens (including phenoxy) is 3. The topological polar surface area (TPSA) is 146 Å². The number of para-hydroxylation sites is 3. The molecular formula is C60H48ClF6N7O4S3. The average molecular weight is 1180 g/mol. The number of amidine groups is 1. The fraction of sp³-hybridized carbons (Fsp3) is 0.200. The molecule has 6 aromatic carbocycles. The van der Waals surface area contributed by atoms with E-state index in [9.17, 15) is 31.1 Å². The standard InChI is InChI=1S/C20H15ClF2N2OS.C20H17F2N3OS.C20H16F2N2O2S/c1-26-12-9-8-11-4-2-7-16-18(13(11)10-12)27-20(24-16)19(21)25-17-14(22)5-3-6-15(17)23;1-26-12-9-8-11-4-2-7-16-18(13(11)10-12)27-20(24-16)19(23)25-17-14(21)5-3-6-15(17)22;1-26-12-9-8-11-4-2-7-16-18(13(11)10-12)27-20(23-16)19(25)24-17-14(21)5-3-6-15(17)22/h3,5-6,8-10H,2,4,7H2,1H3;3,5-6,8-10H,2,4,7H2,1H3,(H2,23,25);3,5-6,8-10H,2,4,7H2,1H3,(H,24,25). The van der Waals surface area contributed by atoms with E-state index in [1.54, 1.807) is 21.3 Å². The van der Waals surface area contributed by atoms with Crippen molar-refractivity contribution in [1.29, 1.82) is 0 Å². The van der Waals surface area contributed by atoms with Crippen molar-refractivity contribution >= 4 is 79.6 Å². The van der Waals surface area contributed by atoms with E-state index in [4.69, 9.17) is 31.5 Å². The summed E-state index contributed by atoms with van der Waals surface area (Å²) in [5.74, 6) is -3.04. The molecule has 0 bridgehead atoms. The number of rotatable bonds is 9. The second-order valence-electron chi connectivity index (χ2n) is 18.6. The Morgan fingerprint density at radius 2 is 0.864 bits per heavy atom. The number of carbonyl (C=O) groups is 1. The number of amides is 1. The third-order valence-electron chi connectivity index (χ3n) is 13.5. The number of nitrogens with one attached hydrogen (secondary N) is 1. The minimum Gasteiger partial charge on any atom is -0.497 e. The van der Waals surface area contributed by atoms with Gasteiger partial charge < -0.3 is 25.3 Å². The molecule has 0 aliphatic heterocycles. The van der Waals surface area contributed by atoms with Crippen LogP contribution in [0.4, 0.5) is 43.4 Å². The lowest BCUT2D eigenvalue weighted by Gasteiger charge is -2.08. The first-order valence-electron chi connectivity index (χ1n) is 25.4. The molecule has 3 aromatic heterocycles. The summed E-state index contributed by atoms with van der Waals surface area (Å²) in [5, 5.41) is 3.35. The fourth-order valence-electron chi connectivity index (χ4n) is 9.45. The fourth-order valence-corrected chi connectivity index (χ4v) is 12.9. The molecule has 0 radical (unpaired) electrons. The molecule has 3 aliphatic carbocycles. The zero-order valence-corrected chi connectivity index (χ0v) is 46.8. The van der Waals surface area contributed by atoms with Gasteiger partial charge in [-0.3, -0.25) is 4.79 Å². The summed E-state index contributed by atoms with van der Waals surface area (Å²) in [7, 11) is 4.86. The SMILES string of the molecule is COc1ccc2c(c1)-c1sc(C(=O)Nc3c(F)cccc3F)nc1CCC2.COc1ccc2c(c1)-c1sc(C(Cl)=Nc3c(F)cccc3F)nc1CCC2.COc1ccc2c(c1)-c1sc(C(N)=Nc3c(F)cccc3F)nc1CCC2. The van der Waals surface area contributed by atoms with Crippen molar-refractivity contribution < 1.29 is 45.3 Å². The third-order valence-corrected chi connectivity index (χ3v) is 17.3. The molecule has 0 atom stereocenters. The number of thiazole rings is 3. The minimum atomic E-state index is -0.823. The van der Waals surface area contributed by atoms with Crippen molar-refractivity contribution in [3.63, 3.8) is 0 Å². The maximum Gasteiger partial charge on any atom is 0.284 e. The molecule has 0 saturated heterocycles. The number of fused-ring (bicyclic) bond motifs is 9. The number of hydrogen-bond acceptors (Lipinski definition) is 12. The first-order chi connectivity index (χ1) is 39.2. The predicted molar refractivity (Wildman–Crippen MR) is 308 cm³/mol. The Bertz CT molecular complexity index is 3690. The number of methoxy groups -OCH3 is 3. The quantitative estimate of drug-likeness (QED) is 0.0825. The lowest BCUT2D eigenvalue weighted by molar-refractivity contribution is 0.102. The second-order valence-corrected chi connectivity index (χ2v) is 22.0. The van der Waals surface area contributed by atoms with Gasteiger partial charge in [-0.1, -0.05) is 48.0 Å². The maximum atomic E-state index is 13.9. The highest BCUT2D eigenvalue weighted by Crippen LogP contribution is 2.42. The van der Waals surface area contributed by atoms with E-state index in [1.807, 2.05) is 42.5 Å². The van der Waals surface area contributed by atoms with E-state index in [1.165, 1.54) is 68.9 Å². The van der Waals surface area contributed by atoms with Crippen molar-refractivity contribution in [1.82, 2.24) is 15.0 Å². The van der Waals surface area contributed by atoms with E-state index < -0.39 is 57.9 Å². The highest BCUT2D eigenvalue weighted by molar-refractivity contribution is 7.19. The van der Waals surface area contributed by atoms with E-state index >= 15 is 0 Å². The monoisotopic (exact) mass is 1180 g/mol. The number of aryl methyl sites for hydroxylation is 6. The number of nitrogens with two attached hydrogens (primary N) is 1. The maximum absolute atomic E-state index is 13.9. The van der Waals surface area contributed by atoms with Crippen LogP contribution in [0.2, 0.25) is 0 Å². The van der Waals surface area contributed by atoms with Gasteiger partial charge in [-0.2, -0.15) is 0 Å². The first-order valence-corrected chi connectivity index (χ1v) is 28.3. The van der Waals surface area contributed by atoms with Crippen molar-refractivity contribution in [3.05, 3.63) is 193 Å². The van der Waals surface area contributed by atoms with Crippen LogP contribution in [-0.4, -0.2) is 53.2 Å². The third kappa shape index (κ3) is 12.4. The molecule has 12 rings (SSSR count). The van der Waals surface area contributed by atoms with E-state index in [-0.39, 0.29) is 16.0 Å². The Balaban J connectivity index is 0.000000136. The summed E-state index contributed by atoms with van der Waals surface area (Å²) < 4.78 is 99.0. The highest BCUT2D eigenvalue weighted by Gasteiger charge is 2.26. The van der Waals surface area contributed by atoms with Crippen LogP contribution in [0.1, 0.15) is 72.9 Å². The largest absolute Gasteiger partial charge is 0.497 e. The zero-order valence-electron chi connectivity index (χ0n) is 43.6. The van der Waals surface area contributed by atoms with Crippen LogP contribution in [0, 0.1) is 34.9 Å². The Morgan fingerprint density at radius 1 is 0.506 bits per heavy atom. The van der Waals surface area contributed by atoms with E-state index in [0.717, 1.165) is 160 Å². The minimum absolute atomic E-state index is 0.00141. The molecule has 81 heavy (non-hydrogen) atoms. The number of carbonyl (C=O) groups excluding carboxylic acids is 1. The van der Waals surface area contributed by atoms with Crippen molar-refractivity contribution in [2.45, 2.75) is 57.8 Å². The summed E-state index contributed by atoms with van der Waals surface area (Å²) in [6.07, 6.45) is 8.04. The van der Waals surface area contributed by atoms with Gasteiger partial charge in [-0.25, -0.2) is 51.3 Å². The van der Waals surface area contributed by atoms with Crippen LogP contribution in [0.3, 0.4) is 0 Å². The molecule has 0 unspecified atom stereocenters. The van der Waals surface area contributed by atoms with Gasteiger partial charge in [-0.15, -0.1) is 34.0 Å². The number of benzene rings is 6. The van der Waals surface area contributed by atoms with Gasteiger partial charge in [0.2, 0.25) is 0 Å². The molecule has 3 aliphatic rings. The summed E-state index contributed by atoms with van der Waals surface area (Å²) in [6, 6.07) is 28.5. The number of aliphatic imine (C=N–C) groups is 2. The number of hydrogen-bond donors (Lipinski definition) is 2. The van der Waals surface area contributed by atoms with Crippen LogP contribution in [0.15, 0.2) is 119 Å². The molecule has 21 heteroatoms. The van der Waals surface area contributed by atoms with Crippen molar-refractivity contribution in [3.8, 4) is 48.6 Å². The van der Waals surface area contributed by atoms with Crippen LogP contribution < -0.4 is 25.3 Å². The lowest BCUT2D eigenvalue weighted by Crippen LogP contribution is -2.14. The van der Waals surface area contributed by atoms with Crippen molar-refractivity contribution in [2.24, 2.45) is 15.7 Å². The first kappa shape index (κ1) is 56.4. The van der Waals surface area contributed by atoms with Gasteiger partial charge >= 0.3 is 0 Å². The van der Waals surface area contributed by atoms with Gasteiger partial charge in [0.05, 0.1) is 53.0 Å². The summed E-state index contributed by atoms with van der Waals surface area (Å²) in [6.45, 7) is 0. The molecule has 3 N–H and O–H groups in total. The Hall–Kier alpha value is -7.91. The zero-order chi connectivity index (χ0) is 56.9. The Kier molecular flexibility index (Phi) is 17.3. The normalized spacial score (nSPS) is 13.4. The number of anilines is 1. The van der Waals surface area contributed by atoms with Gasteiger partial charge in [0.25, 0.3) is 5.91 Å². The van der Waals surface area contributed by atoms with Crippen LogP contribution in [0.5, 0.6) is 17.2 Å². The molecule has 414 valence electrons. The number of halogens is 7. The van der Waals surface area contributed by atoms with Gasteiger partial charge in [0.15, 0.2) is 49.3 Å². The van der Waals surface area contributed by atoms with Crippen molar-refractivity contribution in [2.75, 3.05) is 26.6 Å². The lowest BCUT2D eigenvalue weighted by atomic mass is 10.0. The summed E-state index contributed by atoms with van der Waals surface area (Å²) in [5.41, 5.74) is 14.2. The molecule has 11 nitrogen and oxygen atoms in total. The molecule has 0 fully saturated rings. The average Bonchev–Trinajstić information content (AvgIpc) is 4.21. The molecule has 9 aromatic rings. The van der Waals surface area contributed by atoms with Gasteiger partial charge in [0, 0.05) is 16.7 Å². The number of aromatic nitrogens is 3. The smallest absolute Gasteiger partial charge is 0.284 e. The highest BCUT2D eigenvalue weighted by atomic mass is 35.5. The van der Waals surface area contributed by atoms with E-state index in [2.05, 4.69) is 42.4 Å². The predicted octanol–water partition coefficient (Wildman–Crippen LogP) is 15.4. The van der Waals surface area contributed by atoms with E-state index in [0.29, 0.717) is 10.0 Å². The van der Waals surface area contributed by atoms with Crippen LogP contribution >= 0.6 is 45.6 Å². The molecule has 1 amide bonds. The second kappa shape index (κ2) is 24.8. The summed E-state index contributed by atoms with van der Waals surface area (Å²) >= 11 is 10.3. The van der Waals surface area contributed by atoms with Gasteiger partial charge in [-0.05, 0) is 147 Å². The van der Waals surface area contributed by atoms with Gasteiger partial charge in [0.1, 0.15) is 45.9 Å².